The van der Waals surface area contributed by atoms with Crippen molar-refractivity contribution in [3.63, 3.8) is 0 Å². The number of amides is 1. The molecular weight excluding hydrogens is 304 g/mol. The molecule has 24 heavy (non-hydrogen) atoms. The Morgan fingerprint density at radius 1 is 1.25 bits per heavy atom. The molecule has 0 aromatic carbocycles. The number of aromatic nitrogens is 4. The molecule has 1 aliphatic heterocycles. The van der Waals surface area contributed by atoms with Gasteiger partial charge in [0.25, 0.3) is 5.91 Å². The standard InChI is InChI=1S/C17H20N6O/c1-20-7-8-22(11-15(20)16-19-4-6-21(16)2)17(24)13-3-5-23-12-18-10-14(23)9-13/h3-6,9-10,12,15H,7-8,11H2,1-2H3. The molecule has 7 heteroatoms. The third-order valence-corrected chi connectivity index (χ3v) is 4.75. The van der Waals surface area contributed by atoms with Gasteiger partial charge < -0.3 is 13.9 Å². The summed E-state index contributed by atoms with van der Waals surface area (Å²) in [5, 5.41) is 0. The Morgan fingerprint density at radius 3 is 2.92 bits per heavy atom. The Morgan fingerprint density at radius 2 is 2.12 bits per heavy atom. The Bertz CT molecular complexity index is 882. The van der Waals surface area contributed by atoms with Crippen molar-refractivity contribution < 1.29 is 4.79 Å². The van der Waals surface area contributed by atoms with Crippen molar-refractivity contribution >= 4 is 11.4 Å². The van der Waals surface area contributed by atoms with Crippen molar-refractivity contribution in [1.82, 2.24) is 28.7 Å². The van der Waals surface area contributed by atoms with Gasteiger partial charge in [0, 0.05) is 50.8 Å². The number of aryl methyl sites for hydroxylation is 1. The Hall–Kier alpha value is -2.67. The van der Waals surface area contributed by atoms with E-state index in [0.717, 1.165) is 24.4 Å². The van der Waals surface area contributed by atoms with E-state index in [1.165, 1.54) is 0 Å². The SMILES string of the molecule is CN1CCN(C(=O)c2ccn3cncc3c2)CC1c1nccn1C. The number of rotatable bonds is 2. The normalized spacial score (nSPS) is 19.1. The Labute approximate surface area is 140 Å². The van der Waals surface area contributed by atoms with Crippen LogP contribution in [0.1, 0.15) is 22.2 Å². The molecule has 4 rings (SSSR count). The van der Waals surface area contributed by atoms with E-state index in [4.69, 9.17) is 0 Å². The molecule has 1 atom stereocenters. The molecule has 1 amide bonds. The average molecular weight is 324 g/mol. The van der Waals surface area contributed by atoms with Gasteiger partial charge in [0.2, 0.25) is 0 Å². The van der Waals surface area contributed by atoms with Gasteiger partial charge >= 0.3 is 0 Å². The molecular formula is C17H20N6O. The van der Waals surface area contributed by atoms with Crippen LogP contribution in [0.5, 0.6) is 0 Å². The predicted octanol–water partition coefficient (Wildman–Crippen LogP) is 1.20. The molecule has 1 aliphatic rings. The lowest BCUT2D eigenvalue weighted by Gasteiger charge is -2.39. The molecule has 1 unspecified atom stereocenters. The second kappa shape index (κ2) is 5.76. The minimum atomic E-state index is 0.0611. The van der Waals surface area contributed by atoms with E-state index in [1.807, 2.05) is 45.4 Å². The van der Waals surface area contributed by atoms with Crippen LogP contribution in [0.3, 0.4) is 0 Å². The second-order valence-electron chi connectivity index (χ2n) is 6.29. The molecule has 4 heterocycles. The molecule has 3 aromatic rings. The van der Waals surface area contributed by atoms with Gasteiger partial charge in [-0.2, -0.15) is 0 Å². The van der Waals surface area contributed by atoms with Crippen LogP contribution in [0, 0.1) is 0 Å². The van der Waals surface area contributed by atoms with Crippen LogP contribution in [0.4, 0.5) is 0 Å². The number of carbonyl (C=O) groups excluding carboxylic acids is 1. The molecule has 0 radical (unpaired) electrons. The monoisotopic (exact) mass is 324 g/mol. The van der Waals surface area contributed by atoms with Crippen molar-refractivity contribution in [2.45, 2.75) is 6.04 Å². The Balaban J connectivity index is 1.59. The highest BCUT2D eigenvalue weighted by Crippen LogP contribution is 2.23. The van der Waals surface area contributed by atoms with Gasteiger partial charge in [-0.1, -0.05) is 0 Å². The molecule has 0 N–H and O–H groups in total. The molecule has 0 bridgehead atoms. The molecule has 124 valence electrons. The van der Waals surface area contributed by atoms with E-state index < -0.39 is 0 Å². The van der Waals surface area contributed by atoms with Crippen molar-refractivity contribution in [3.05, 3.63) is 54.6 Å². The second-order valence-corrected chi connectivity index (χ2v) is 6.29. The number of carbonyl (C=O) groups is 1. The van der Waals surface area contributed by atoms with Crippen molar-refractivity contribution in [2.75, 3.05) is 26.7 Å². The summed E-state index contributed by atoms with van der Waals surface area (Å²) >= 11 is 0. The summed E-state index contributed by atoms with van der Waals surface area (Å²) in [5.41, 5.74) is 1.63. The van der Waals surface area contributed by atoms with Crippen LogP contribution in [0.2, 0.25) is 0 Å². The molecule has 1 fully saturated rings. The van der Waals surface area contributed by atoms with Crippen LogP contribution in [0.25, 0.3) is 5.52 Å². The topological polar surface area (TPSA) is 58.7 Å². The predicted molar refractivity (Wildman–Crippen MR) is 89.7 cm³/mol. The molecule has 0 aliphatic carbocycles. The van der Waals surface area contributed by atoms with Gasteiger partial charge in [0.1, 0.15) is 5.82 Å². The highest BCUT2D eigenvalue weighted by molar-refractivity contribution is 5.95. The van der Waals surface area contributed by atoms with Gasteiger partial charge in [0.05, 0.1) is 24.1 Å². The summed E-state index contributed by atoms with van der Waals surface area (Å²) in [7, 11) is 4.07. The summed E-state index contributed by atoms with van der Waals surface area (Å²) < 4.78 is 3.92. The van der Waals surface area contributed by atoms with Crippen LogP contribution < -0.4 is 0 Å². The smallest absolute Gasteiger partial charge is 0.254 e. The van der Waals surface area contributed by atoms with Gasteiger partial charge in [-0.15, -0.1) is 0 Å². The first-order chi connectivity index (χ1) is 11.6. The first-order valence-electron chi connectivity index (χ1n) is 8.02. The molecule has 1 saturated heterocycles. The highest BCUT2D eigenvalue weighted by Gasteiger charge is 2.31. The minimum Gasteiger partial charge on any atom is -0.337 e. The third kappa shape index (κ3) is 2.46. The zero-order valence-corrected chi connectivity index (χ0v) is 13.8. The van der Waals surface area contributed by atoms with Gasteiger partial charge in [-0.05, 0) is 19.2 Å². The summed E-state index contributed by atoms with van der Waals surface area (Å²) in [6.45, 7) is 2.20. The fourth-order valence-corrected chi connectivity index (χ4v) is 3.27. The first-order valence-corrected chi connectivity index (χ1v) is 8.02. The zero-order chi connectivity index (χ0) is 16.7. The van der Waals surface area contributed by atoms with E-state index >= 15 is 0 Å². The van der Waals surface area contributed by atoms with Gasteiger partial charge in [-0.3, -0.25) is 9.69 Å². The molecule has 0 saturated carbocycles. The maximum absolute atomic E-state index is 12.9. The summed E-state index contributed by atoms with van der Waals surface area (Å²) in [6, 6.07) is 3.86. The first kappa shape index (κ1) is 14.9. The maximum atomic E-state index is 12.9. The van der Waals surface area contributed by atoms with Crippen molar-refractivity contribution in [1.29, 1.82) is 0 Å². The number of imidazole rings is 2. The quantitative estimate of drug-likeness (QED) is 0.711. The fraction of sp³-hybridized carbons (Fsp3) is 0.353. The highest BCUT2D eigenvalue weighted by atomic mass is 16.2. The number of fused-ring (bicyclic) bond motifs is 1. The van der Waals surface area contributed by atoms with E-state index in [0.29, 0.717) is 12.1 Å². The summed E-state index contributed by atoms with van der Waals surface area (Å²) in [6.07, 6.45) is 9.12. The summed E-state index contributed by atoms with van der Waals surface area (Å²) in [4.78, 5) is 25.7. The maximum Gasteiger partial charge on any atom is 0.254 e. The van der Waals surface area contributed by atoms with Crippen molar-refractivity contribution in [2.24, 2.45) is 7.05 Å². The van der Waals surface area contributed by atoms with E-state index in [-0.39, 0.29) is 11.9 Å². The van der Waals surface area contributed by atoms with Gasteiger partial charge in [-0.25, -0.2) is 9.97 Å². The van der Waals surface area contributed by atoms with Gasteiger partial charge in [0.15, 0.2) is 0 Å². The number of likely N-dealkylation sites (N-methyl/N-ethyl adjacent to an activating group) is 1. The minimum absolute atomic E-state index is 0.0611. The number of pyridine rings is 1. The summed E-state index contributed by atoms with van der Waals surface area (Å²) in [5.74, 6) is 1.05. The van der Waals surface area contributed by atoms with E-state index in [2.05, 4.69) is 21.9 Å². The van der Waals surface area contributed by atoms with Crippen LogP contribution >= 0.6 is 0 Å². The number of piperazine rings is 1. The van der Waals surface area contributed by atoms with Crippen LogP contribution in [-0.4, -0.2) is 61.3 Å². The third-order valence-electron chi connectivity index (χ3n) is 4.75. The lowest BCUT2D eigenvalue weighted by molar-refractivity contribution is 0.0529. The number of nitrogens with zero attached hydrogens (tertiary/aromatic N) is 6. The lowest BCUT2D eigenvalue weighted by Crippen LogP contribution is -2.49. The number of hydrogen-bond acceptors (Lipinski definition) is 4. The molecule has 0 spiro atoms. The van der Waals surface area contributed by atoms with E-state index in [9.17, 15) is 4.79 Å². The van der Waals surface area contributed by atoms with Crippen LogP contribution in [0.15, 0.2) is 43.2 Å². The van der Waals surface area contributed by atoms with Crippen LogP contribution in [-0.2, 0) is 7.05 Å². The Kier molecular flexibility index (Phi) is 3.57. The fourth-order valence-electron chi connectivity index (χ4n) is 3.27. The average Bonchev–Trinajstić information content (AvgIpc) is 3.22. The molecule has 3 aromatic heterocycles. The van der Waals surface area contributed by atoms with E-state index in [1.54, 1.807) is 18.7 Å². The number of hydrogen-bond donors (Lipinski definition) is 0. The molecule has 7 nitrogen and oxygen atoms in total. The largest absolute Gasteiger partial charge is 0.337 e. The zero-order valence-electron chi connectivity index (χ0n) is 13.8. The lowest BCUT2D eigenvalue weighted by atomic mass is 10.1. The van der Waals surface area contributed by atoms with Crippen molar-refractivity contribution in [3.8, 4) is 0 Å².